The molecule has 2 rings (SSSR count). The van der Waals surface area contributed by atoms with Gasteiger partial charge >= 0.3 is 0 Å². The molecule has 156 valence electrons. The predicted octanol–water partition coefficient (Wildman–Crippen LogP) is 0.288. The molecule has 1 aromatic carbocycles. The summed E-state index contributed by atoms with van der Waals surface area (Å²) < 4.78 is 11.1. The highest BCUT2D eigenvalue weighted by Gasteiger charge is 2.32. The number of para-hydroxylation sites is 1. The standard InChI is InChI=1S/C20H31N3O5/c1-23(2)12-20(26)22-16-9-8-15(28-18(16)13-24)10-19(25)21-11-14-6-4-5-7-17(14)27-3/h4-7,15-16,18,24H,8-13H2,1-3H3,(H,21,25)(H,22,26)/t15-,16+,18-/m0/s1. The van der Waals surface area contributed by atoms with Gasteiger partial charge < -0.3 is 30.1 Å². The summed E-state index contributed by atoms with van der Waals surface area (Å²) in [5.74, 6) is 0.501. The summed E-state index contributed by atoms with van der Waals surface area (Å²) in [6, 6.07) is 7.28. The van der Waals surface area contributed by atoms with E-state index in [0.29, 0.717) is 19.4 Å². The lowest BCUT2D eigenvalue weighted by Crippen LogP contribution is -2.52. The van der Waals surface area contributed by atoms with Crippen LogP contribution in [-0.2, 0) is 20.9 Å². The lowest BCUT2D eigenvalue weighted by atomic mass is 9.97. The Morgan fingerprint density at radius 3 is 2.68 bits per heavy atom. The molecule has 28 heavy (non-hydrogen) atoms. The van der Waals surface area contributed by atoms with Crippen molar-refractivity contribution in [3.05, 3.63) is 29.8 Å². The molecule has 3 atom stereocenters. The number of aliphatic hydroxyl groups excluding tert-OH is 1. The Morgan fingerprint density at radius 2 is 2.00 bits per heavy atom. The van der Waals surface area contributed by atoms with E-state index >= 15 is 0 Å². The van der Waals surface area contributed by atoms with Gasteiger partial charge in [0, 0.05) is 12.1 Å². The van der Waals surface area contributed by atoms with Crippen LogP contribution in [0.1, 0.15) is 24.8 Å². The number of aliphatic hydroxyl groups is 1. The van der Waals surface area contributed by atoms with Gasteiger partial charge in [-0.2, -0.15) is 0 Å². The van der Waals surface area contributed by atoms with E-state index in [1.54, 1.807) is 12.0 Å². The maximum absolute atomic E-state index is 12.3. The number of rotatable bonds is 9. The second-order valence-electron chi connectivity index (χ2n) is 7.26. The van der Waals surface area contributed by atoms with Crippen LogP contribution < -0.4 is 15.4 Å². The molecular weight excluding hydrogens is 362 g/mol. The molecule has 1 heterocycles. The molecule has 0 aromatic heterocycles. The van der Waals surface area contributed by atoms with Crippen molar-refractivity contribution in [2.75, 3.05) is 34.4 Å². The lowest BCUT2D eigenvalue weighted by molar-refractivity contribution is -0.136. The number of hydrogen-bond acceptors (Lipinski definition) is 6. The average Bonchev–Trinajstić information content (AvgIpc) is 2.67. The van der Waals surface area contributed by atoms with E-state index in [1.165, 1.54) is 0 Å². The summed E-state index contributed by atoms with van der Waals surface area (Å²) in [6.45, 7) is 0.456. The van der Waals surface area contributed by atoms with Crippen LogP contribution in [-0.4, -0.2) is 74.4 Å². The zero-order chi connectivity index (χ0) is 20.5. The molecule has 0 unspecified atom stereocenters. The van der Waals surface area contributed by atoms with Gasteiger partial charge in [-0.05, 0) is 33.0 Å². The fourth-order valence-corrected chi connectivity index (χ4v) is 3.31. The van der Waals surface area contributed by atoms with Gasteiger partial charge in [0.25, 0.3) is 0 Å². The third-order valence-corrected chi connectivity index (χ3v) is 4.68. The van der Waals surface area contributed by atoms with Crippen molar-refractivity contribution in [2.24, 2.45) is 0 Å². The Morgan fingerprint density at radius 1 is 1.25 bits per heavy atom. The average molecular weight is 393 g/mol. The molecule has 1 fully saturated rings. The molecule has 1 aromatic rings. The number of nitrogens with zero attached hydrogens (tertiary/aromatic N) is 1. The van der Waals surface area contributed by atoms with Gasteiger partial charge in [-0.1, -0.05) is 18.2 Å². The zero-order valence-corrected chi connectivity index (χ0v) is 16.8. The first-order chi connectivity index (χ1) is 13.4. The molecule has 0 spiro atoms. The number of likely N-dealkylation sites (N-methyl/N-ethyl adjacent to an activating group) is 1. The van der Waals surface area contributed by atoms with Gasteiger partial charge in [-0.3, -0.25) is 9.59 Å². The fourth-order valence-electron chi connectivity index (χ4n) is 3.31. The Kier molecular flexibility index (Phi) is 8.69. The number of amides is 2. The molecule has 8 heteroatoms. The predicted molar refractivity (Wildman–Crippen MR) is 105 cm³/mol. The van der Waals surface area contributed by atoms with Crippen molar-refractivity contribution in [3.8, 4) is 5.75 Å². The van der Waals surface area contributed by atoms with Gasteiger partial charge in [-0.25, -0.2) is 0 Å². The van der Waals surface area contributed by atoms with Gasteiger partial charge in [-0.15, -0.1) is 0 Å². The van der Waals surface area contributed by atoms with E-state index in [0.717, 1.165) is 11.3 Å². The molecule has 0 aliphatic carbocycles. The number of carbonyl (C=O) groups excluding carboxylic acids is 2. The second-order valence-corrected chi connectivity index (χ2v) is 7.26. The Labute approximate surface area is 166 Å². The van der Waals surface area contributed by atoms with E-state index in [1.807, 2.05) is 38.4 Å². The summed E-state index contributed by atoms with van der Waals surface area (Å²) in [5.41, 5.74) is 0.903. The van der Waals surface area contributed by atoms with Crippen LogP contribution in [0.15, 0.2) is 24.3 Å². The first-order valence-corrected chi connectivity index (χ1v) is 9.52. The molecular formula is C20H31N3O5. The lowest BCUT2D eigenvalue weighted by Gasteiger charge is -2.36. The Hall–Kier alpha value is -2.16. The molecule has 0 bridgehead atoms. The van der Waals surface area contributed by atoms with Crippen molar-refractivity contribution in [1.82, 2.24) is 15.5 Å². The van der Waals surface area contributed by atoms with Crippen molar-refractivity contribution in [3.63, 3.8) is 0 Å². The summed E-state index contributed by atoms with van der Waals surface area (Å²) in [5, 5.41) is 15.4. The Bertz CT molecular complexity index is 652. The SMILES string of the molecule is COc1ccccc1CNC(=O)C[C@@H]1CC[C@@H](NC(=O)CN(C)C)[C@H](CO)O1. The smallest absolute Gasteiger partial charge is 0.234 e. The van der Waals surface area contributed by atoms with E-state index in [2.05, 4.69) is 10.6 Å². The molecule has 1 aliphatic heterocycles. The number of nitrogens with one attached hydrogen (secondary N) is 2. The van der Waals surface area contributed by atoms with Crippen LogP contribution in [0.5, 0.6) is 5.75 Å². The molecule has 0 radical (unpaired) electrons. The summed E-state index contributed by atoms with van der Waals surface area (Å²) in [7, 11) is 5.24. The Balaban J connectivity index is 1.80. The quantitative estimate of drug-likeness (QED) is 0.558. The van der Waals surface area contributed by atoms with Gasteiger partial charge in [0.1, 0.15) is 11.9 Å². The molecule has 1 aliphatic rings. The monoisotopic (exact) mass is 393 g/mol. The van der Waals surface area contributed by atoms with Crippen molar-refractivity contribution < 1.29 is 24.2 Å². The van der Waals surface area contributed by atoms with Crippen molar-refractivity contribution >= 4 is 11.8 Å². The molecule has 1 saturated heterocycles. The molecule has 8 nitrogen and oxygen atoms in total. The topological polar surface area (TPSA) is 100 Å². The van der Waals surface area contributed by atoms with Crippen LogP contribution in [0, 0.1) is 0 Å². The number of methoxy groups -OCH3 is 1. The minimum Gasteiger partial charge on any atom is -0.496 e. The highest BCUT2D eigenvalue weighted by Crippen LogP contribution is 2.22. The minimum absolute atomic E-state index is 0.106. The molecule has 0 saturated carbocycles. The van der Waals surface area contributed by atoms with Gasteiger partial charge in [0.15, 0.2) is 0 Å². The fraction of sp³-hybridized carbons (Fsp3) is 0.600. The van der Waals surface area contributed by atoms with Gasteiger partial charge in [0.05, 0.1) is 38.8 Å². The maximum atomic E-state index is 12.3. The summed E-state index contributed by atoms with van der Waals surface area (Å²) in [4.78, 5) is 26.0. The van der Waals surface area contributed by atoms with E-state index in [-0.39, 0.29) is 43.5 Å². The zero-order valence-electron chi connectivity index (χ0n) is 16.8. The first kappa shape index (κ1) is 22.1. The highest BCUT2D eigenvalue weighted by atomic mass is 16.5. The van der Waals surface area contributed by atoms with Crippen LogP contribution in [0.25, 0.3) is 0 Å². The molecule has 3 N–H and O–H groups in total. The number of benzene rings is 1. The number of ether oxygens (including phenoxy) is 2. The summed E-state index contributed by atoms with van der Waals surface area (Å²) in [6.07, 6.45) is 0.730. The first-order valence-electron chi connectivity index (χ1n) is 9.52. The van der Waals surface area contributed by atoms with E-state index in [4.69, 9.17) is 9.47 Å². The van der Waals surface area contributed by atoms with Gasteiger partial charge in [0.2, 0.25) is 11.8 Å². The van der Waals surface area contributed by atoms with Crippen LogP contribution in [0.3, 0.4) is 0 Å². The summed E-state index contributed by atoms with van der Waals surface area (Å²) >= 11 is 0. The maximum Gasteiger partial charge on any atom is 0.234 e. The normalized spacial score (nSPS) is 22.0. The third-order valence-electron chi connectivity index (χ3n) is 4.68. The van der Waals surface area contributed by atoms with E-state index < -0.39 is 6.10 Å². The minimum atomic E-state index is -0.508. The largest absolute Gasteiger partial charge is 0.496 e. The van der Waals surface area contributed by atoms with Crippen LogP contribution in [0.4, 0.5) is 0 Å². The van der Waals surface area contributed by atoms with Crippen molar-refractivity contribution in [2.45, 2.75) is 44.1 Å². The highest BCUT2D eigenvalue weighted by molar-refractivity contribution is 5.78. The third kappa shape index (κ3) is 6.78. The number of carbonyl (C=O) groups is 2. The van der Waals surface area contributed by atoms with Crippen LogP contribution >= 0.6 is 0 Å². The van der Waals surface area contributed by atoms with Crippen LogP contribution in [0.2, 0.25) is 0 Å². The second kappa shape index (κ2) is 11.0. The number of hydrogen-bond donors (Lipinski definition) is 3. The molecule has 2 amide bonds. The van der Waals surface area contributed by atoms with Crippen molar-refractivity contribution in [1.29, 1.82) is 0 Å². The van der Waals surface area contributed by atoms with E-state index in [9.17, 15) is 14.7 Å².